The molecule has 0 radical (unpaired) electrons. The first-order chi connectivity index (χ1) is 12.2. The second-order valence-corrected chi connectivity index (χ2v) is 6.25. The van der Waals surface area contributed by atoms with Crippen molar-refractivity contribution in [2.45, 2.75) is 20.0 Å². The van der Waals surface area contributed by atoms with Gasteiger partial charge < -0.3 is 14.4 Å². The molecule has 2 aromatic rings. The fourth-order valence-corrected chi connectivity index (χ4v) is 2.92. The van der Waals surface area contributed by atoms with Gasteiger partial charge in [-0.3, -0.25) is 9.69 Å². The van der Waals surface area contributed by atoms with Gasteiger partial charge in [0.05, 0.1) is 6.54 Å². The van der Waals surface area contributed by atoms with Crippen LogP contribution >= 0.6 is 0 Å². The predicted octanol–water partition coefficient (Wildman–Crippen LogP) is 2.90. The molecule has 2 aromatic carbocycles. The summed E-state index contributed by atoms with van der Waals surface area (Å²) in [5.74, 6) is 1.64. The Kier molecular flexibility index (Phi) is 5.56. The third kappa shape index (κ3) is 4.51. The van der Waals surface area contributed by atoms with E-state index in [9.17, 15) is 4.79 Å². The molecule has 0 aromatic heterocycles. The van der Waals surface area contributed by atoms with Gasteiger partial charge in [0.15, 0.2) is 11.5 Å². The number of fused-ring (bicyclic) bond motifs is 1. The summed E-state index contributed by atoms with van der Waals surface area (Å²) in [6, 6.07) is 16.0. The Balaban J connectivity index is 1.57. The van der Waals surface area contributed by atoms with E-state index in [-0.39, 0.29) is 12.7 Å². The van der Waals surface area contributed by atoms with E-state index in [4.69, 9.17) is 9.47 Å². The lowest BCUT2D eigenvalue weighted by Gasteiger charge is -2.24. The minimum Gasteiger partial charge on any atom is -0.454 e. The number of carbonyl (C=O) groups excluding carboxylic acids is 1. The SMILES string of the molecule is CCN(Cc1ccc2c(c1)OCO2)C(=O)CN(C)Cc1ccccc1. The van der Waals surface area contributed by atoms with Gasteiger partial charge in [0.2, 0.25) is 12.7 Å². The van der Waals surface area contributed by atoms with Crippen LogP contribution in [0.15, 0.2) is 48.5 Å². The highest BCUT2D eigenvalue weighted by atomic mass is 16.7. The molecule has 3 rings (SSSR count). The molecular weight excluding hydrogens is 316 g/mol. The maximum Gasteiger partial charge on any atom is 0.237 e. The normalized spacial score (nSPS) is 12.4. The number of ether oxygens (including phenoxy) is 2. The van der Waals surface area contributed by atoms with Gasteiger partial charge in [0, 0.05) is 19.6 Å². The summed E-state index contributed by atoms with van der Waals surface area (Å²) in [4.78, 5) is 16.5. The molecule has 1 aliphatic rings. The second kappa shape index (κ2) is 8.03. The van der Waals surface area contributed by atoms with Gasteiger partial charge in [-0.25, -0.2) is 0 Å². The van der Waals surface area contributed by atoms with Crippen LogP contribution in [0.3, 0.4) is 0 Å². The summed E-state index contributed by atoms with van der Waals surface area (Å²) < 4.78 is 10.7. The van der Waals surface area contributed by atoms with E-state index in [0.717, 1.165) is 23.6 Å². The number of nitrogens with zero attached hydrogens (tertiary/aromatic N) is 2. The van der Waals surface area contributed by atoms with Crippen LogP contribution in [-0.2, 0) is 17.9 Å². The summed E-state index contributed by atoms with van der Waals surface area (Å²) in [5.41, 5.74) is 2.25. The monoisotopic (exact) mass is 340 g/mol. The number of rotatable bonds is 7. The zero-order chi connectivity index (χ0) is 17.6. The summed E-state index contributed by atoms with van der Waals surface area (Å²) in [7, 11) is 1.97. The number of carbonyl (C=O) groups is 1. The van der Waals surface area contributed by atoms with Crippen molar-refractivity contribution in [3.05, 3.63) is 59.7 Å². The van der Waals surface area contributed by atoms with Crippen molar-refractivity contribution in [2.24, 2.45) is 0 Å². The number of likely N-dealkylation sites (N-methyl/N-ethyl adjacent to an activating group) is 2. The van der Waals surface area contributed by atoms with Crippen LogP contribution in [0.4, 0.5) is 0 Å². The van der Waals surface area contributed by atoms with E-state index in [1.165, 1.54) is 5.56 Å². The highest BCUT2D eigenvalue weighted by Crippen LogP contribution is 2.32. The van der Waals surface area contributed by atoms with Crippen LogP contribution in [0.5, 0.6) is 11.5 Å². The number of hydrogen-bond acceptors (Lipinski definition) is 4. The average molecular weight is 340 g/mol. The van der Waals surface area contributed by atoms with E-state index in [1.807, 2.05) is 60.2 Å². The fraction of sp³-hybridized carbons (Fsp3) is 0.350. The molecule has 5 heteroatoms. The Labute approximate surface area is 148 Å². The predicted molar refractivity (Wildman–Crippen MR) is 96.4 cm³/mol. The molecule has 0 unspecified atom stereocenters. The molecule has 0 N–H and O–H groups in total. The zero-order valence-electron chi connectivity index (χ0n) is 14.8. The lowest BCUT2D eigenvalue weighted by atomic mass is 10.2. The molecule has 0 saturated carbocycles. The van der Waals surface area contributed by atoms with Crippen LogP contribution < -0.4 is 9.47 Å². The van der Waals surface area contributed by atoms with Crippen LogP contribution in [0.1, 0.15) is 18.1 Å². The fourth-order valence-electron chi connectivity index (χ4n) is 2.92. The van der Waals surface area contributed by atoms with E-state index >= 15 is 0 Å². The van der Waals surface area contributed by atoms with Crippen LogP contribution in [-0.4, -0.2) is 42.6 Å². The second-order valence-electron chi connectivity index (χ2n) is 6.25. The van der Waals surface area contributed by atoms with Crippen LogP contribution in [0, 0.1) is 0 Å². The smallest absolute Gasteiger partial charge is 0.237 e. The molecular formula is C20H24N2O3. The lowest BCUT2D eigenvalue weighted by molar-refractivity contribution is -0.132. The Morgan fingerprint density at radius 2 is 1.76 bits per heavy atom. The van der Waals surface area contributed by atoms with E-state index < -0.39 is 0 Å². The zero-order valence-corrected chi connectivity index (χ0v) is 14.8. The summed E-state index contributed by atoms with van der Waals surface area (Å²) >= 11 is 0. The maximum absolute atomic E-state index is 12.6. The Morgan fingerprint density at radius 3 is 2.52 bits per heavy atom. The first-order valence-corrected chi connectivity index (χ1v) is 8.54. The minimum absolute atomic E-state index is 0.124. The third-order valence-corrected chi connectivity index (χ3v) is 4.25. The molecule has 0 fully saturated rings. The van der Waals surface area contributed by atoms with Crippen molar-refractivity contribution in [1.29, 1.82) is 0 Å². The number of hydrogen-bond donors (Lipinski definition) is 0. The molecule has 0 spiro atoms. The summed E-state index contributed by atoms with van der Waals surface area (Å²) in [6.07, 6.45) is 0. The molecule has 0 aliphatic carbocycles. The van der Waals surface area contributed by atoms with Gasteiger partial charge in [-0.2, -0.15) is 0 Å². The van der Waals surface area contributed by atoms with Gasteiger partial charge >= 0.3 is 0 Å². The molecule has 1 aliphatic heterocycles. The van der Waals surface area contributed by atoms with Gasteiger partial charge in [0.1, 0.15) is 0 Å². The van der Waals surface area contributed by atoms with E-state index in [0.29, 0.717) is 19.6 Å². The molecule has 1 amide bonds. The van der Waals surface area contributed by atoms with Crippen molar-refractivity contribution < 1.29 is 14.3 Å². The van der Waals surface area contributed by atoms with Crippen LogP contribution in [0.2, 0.25) is 0 Å². The first kappa shape index (κ1) is 17.3. The molecule has 0 atom stereocenters. The van der Waals surface area contributed by atoms with Crippen molar-refractivity contribution in [3.8, 4) is 11.5 Å². The highest BCUT2D eigenvalue weighted by molar-refractivity contribution is 5.78. The summed E-state index contributed by atoms with van der Waals surface area (Å²) in [6.45, 7) is 4.67. The number of benzene rings is 2. The van der Waals surface area contributed by atoms with Crippen molar-refractivity contribution in [2.75, 3.05) is 26.9 Å². The Hall–Kier alpha value is -2.53. The van der Waals surface area contributed by atoms with E-state index in [1.54, 1.807) is 0 Å². The van der Waals surface area contributed by atoms with Crippen molar-refractivity contribution in [3.63, 3.8) is 0 Å². The van der Waals surface area contributed by atoms with Gasteiger partial charge in [-0.15, -0.1) is 0 Å². The molecule has 25 heavy (non-hydrogen) atoms. The molecule has 0 saturated heterocycles. The minimum atomic E-state index is 0.124. The highest BCUT2D eigenvalue weighted by Gasteiger charge is 2.17. The first-order valence-electron chi connectivity index (χ1n) is 8.54. The topological polar surface area (TPSA) is 42.0 Å². The third-order valence-electron chi connectivity index (χ3n) is 4.25. The maximum atomic E-state index is 12.6. The largest absolute Gasteiger partial charge is 0.454 e. The van der Waals surface area contributed by atoms with Gasteiger partial charge in [-0.05, 0) is 37.2 Å². The standard InChI is InChI=1S/C20H24N2O3/c1-3-22(13-17-9-10-18-19(11-17)25-15-24-18)20(23)14-21(2)12-16-7-5-4-6-8-16/h4-11H,3,12-15H2,1-2H3. The Bertz CT molecular complexity index is 718. The summed E-state index contributed by atoms with van der Waals surface area (Å²) in [5, 5.41) is 0. The van der Waals surface area contributed by atoms with Gasteiger partial charge in [-0.1, -0.05) is 36.4 Å². The average Bonchev–Trinajstić information content (AvgIpc) is 3.08. The molecule has 1 heterocycles. The quantitative estimate of drug-likeness (QED) is 0.777. The van der Waals surface area contributed by atoms with Crippen LogP contribution in [0.25, 0.3) is 0 Å². The van der Waals surface area contributed by atoms with Crippen molar-refractivity contribution in [1.82, 2.24) is 9.80 Å². The molecule has 5 nitrogen and oxygen atoms in total. The lowest BCUT2D eigenvalue weighted by Crippen LogP contribution is -2.38. The van der Waals surface area contributed by atoms with Gasteiger partial charge in [0.25, 0.3) is 0 Å². The van der Waals surface area contributed by atoms with E-state index in [2.05, 4.69) is 12.1 Å². The molecule has 132 valence electrons. The number of amides is 1. The Morgan fingerprint density at radius 1 is 1.00 bits per heavy atom. The van der Waals surface area contributed by atoms with Crippen molar-refractivity contribution >= 4 is 5.91 Å². The molecule has 0 bridgehead atoms.